The van der Waals surface area contributed by atoms with Gasteiger partial charge in [-0.1, -0.05) is 12.1 Å². The van der Waals surface area contributed by atoms with Crippen molar-refractivity contribution in [2.24, 2.45) is 4.99 Å². The van der Waals surface area contributed by atoms with Crippen molar-refractivity contribution in [1.82, 2.24) is 0 Å². The van der Waals surface area contributed by atoms with Gasteiger partial charge in [-0.25, -0.2) is 0 Å². The second-order valence-corrected chi connectivity index (χ2v) is 4.12. The molecule has 22 heavy (non-hydrogen) atoms. The number of aliphatic imine (C=N–C) groups is 1. The lowest BCUT2D eigenvalue weighted by atomic mass is 10.2. The van der Waals surface area contributed by atoms with Crippen molar-refractivity contribution in [3.8, 4) is 5.75 Å². The monoisotopic (exact) mass is 310 g/mol. The molecule has 0 fully saturated rings. The van der Waals surface area contributed by atoms with E-state index in [4.69, 9.17) is 0 Å². The molecular formula is C14H9F3N2O3. The molecule has 0 spiro atoms. The van der Waals surface area contributed by atoms with Crippen LogP contribution >= 0.6 is 0 Å². The van der Waals surface area contributed by atoms with Gasteiger partial charge in [0.25, 0.3) is 5.69 Å². The number of para-hydroxylation sites is 1. The first-order valence-electron chi connectivity index (χ1n) is 5.98. The van der Waals surface area contributed by atoms with Crippen molar-refractivity contribution < 1.29 is 22.8 Å². The van der Waals surface area contributed by atoms with Crippen LogP contribution in [0.3, 0.4) is 0 Å². The number of nitrogens with zero attached hydrogens (tertiary/aromatic N) is 2. The molecule has 2 aromatic carbocycles. The van der Waals surface area contributed by atoms with Gasteiger partial charge < -0.3 is 4.74 Å². The highest BCUT2D eigenvalue weighted by Gasteiger charge is 2.30. The van der Waals surface area contributed by atoms with E-state index in [1.165, 1.54) is 36.5 Å². The van der Waals surface area contributed by atoms with E-state index < -0.39 is 11.3 Å². The molecule has 0 heterocycles. The normalized spacial score (nSPS) is 11.6. The summed E-state index contributed by atoms with van der Waals surface area (Å²) in [6.45, 7) is 0. The molecule has 2 rings (SSSR count). The van der Waals surface area contributed by atoms with E-state index in [0.29, 0.717) is 11.3 Å². The topological polar surface area (TPSA) is 64.7 Å². The molecular weight excluding hydrogens is 301 g/mol. The number of nitro groups is 1. The van der Waals surface area contributed by atoms with Crippen molar-refractivity contribution in [3.05, 3.63) is 64.2 Å². The summed E-state index contributed by atoms with van der Waals surface area (Å²) in [4.78, 5) is 14.3. The molecule has 0 saturated heterocycles. The van der Waals surface area contributed by atoms with Crippen molar-refractivity contribution in [2.45, 2.75) is 6.36 Å². The van der Waals surface area contributed by atoms with Gasteiger partial charge in [-0.2, -0.15) is 0 Å². The van der Waals surface area contributed by atoms with Gasteiger partial charge in [-0.3, -0.25) is 15.1 Å². The minimum absolute atomic E-state index is 0.108. The fourth-order valence-electron chi connectivity index (χ4n) is 1.64. The van der Waals surface area contributed by atoms with E-state index in [9.17, 15) is 23.3 Å². The SMILES string of the molecule is O=[N+]([O-])c1ccccc1C=Nc1ccc(OC(F)(F)F)cc1. The van der Waals surface area contributed by atoms with Crippen molar-refractivity contribution >= 4 is 17.6 Å². The Morgan fingerprint density at radius 1 is 1.09 bits per heavy atom. The third-order valence-electron chi connectivity index (χ3n) is 2.56. The van der Waals surface area contributed by atoms with Crippen LogP contribution in [0.4, 0.5) is 24.5 Å². The average Bonchev–Trinajstić information content (AvgIpc) is 2.45. The first-order valence-corrected chi connectivity index (χ1v) is 5.98. The Labute approximate surface area is 122 Å². The maximum absolute atomic E-state index is 12.0. The maximum atomic E-state index is 12.0. The summed E-state index contributed by atoms with van der Waals surface area (Å²) in [5.74, 6) is -0.364. The van der Waals surface area contributed by atoms with Gasteiger partial charge in [-0.05, 0) is 30.3 Å². The van der Waals surface area contributed by atoms with E-state index in [1.54, 1.807) is 6.07 Å². The Morgan fingerprint density at radius 2 is 1.73 bits per heavy atom. The second kappa shape index (κ2) is 6.25. The number of hydrogen-bond acceptors (Lipinski definition) is 4. The van der Waals surface area contributed by atoms with Crippen LogP contribution in [0.25, 0.3) is 0 Å². The highest BCUT2D eigenvalue weighted by atomic mass is 19.4. The third kappa shape index (κ3) is 4.30. The Morgan fingerprint density at radius 3 is 2.32 bits per heavy atom. The first-order chi connectivity index (χ1) is 10.3. The van der Waals surface area contributed by atoms with Crippen molar-refractivity contribution in [1.29, 1.82) is 0 Å². The molecule has 5 nitrogen and oxygen atoms in total. The Hall–Kier alpha value is -2.90. The number of alkyl halides is 3. The summed E-state index contributed by atoms with van der Waals surface area (Å²) in [6.07, 6.45) is -3.48. The fraction of sp³-hybridized carbons (Fsp3) is 0.0714. The van der Waals surface area contributed by atoms with E-state index in [-0.39, 0.29) is 11.4 Å². The van der Waals surface area contributed by atoms with E-state index in [2.05, 4.69) is 9.73 Å². The molecule has 0 unspecified atom stereocenters. The predicted molar refractivity (Wildman–Crippen MR) is 73.5 cm³/mol. The lowest BCUT2D eigenvalue weighted by Gasteiger charge is -2.08. The van der Waals surface area contributed by atoms with E-state index in [1.807, 2.05) is 0 Å². The van der Waals surface area contributed by atoms with Crippen molar-refractivity contribution in [3.63, 3.8) is 0 Å². The number of rotatable bonds is 4. The minimum Gasteiger partial charge on any atom is -0.406 e. The zero-order valence-corrected chi connectivity index (χ0v) is 10.9. The van der Waals surface area contributed by atoms with Gasteiger partial charge in [0.05, 0.1) is 16.2 Å². The van der Waals surface area contributed by atoms with E-state index >= 15 is 0 Å². The molecule has 0 aliphatic carbocycles. The lowest BCUT2D eigenvalue weighted by molar-refractivity contribution is -0.385. The molecule has 0 aromatic heterocycles. The molecule has 114 valence electrons. The van der Waals surface area contributed by atoms with Crippen LogP contribution in [0.1, 0.15) is 5.56 Å². The first kappa shape index (κ1) is 15.5. The molecule has 0 atom stereocenters. The smallest absolute Gasteiger partial charge is 0.406 e. The molecule has 8 heteroatoms. The van der Waals surface area contributed by atoms with Crippen LogP contribution in [-0.4, -0.2) is 17.5 Å². The quantitative estimate of drug-likeness (QED) is 0.482. The van der Waals surface area contributed by atoms with Crippen LogP contribution < -0.4 is 4.74 Å². The standard InChI is InChI=1S/C14H9F3N2O3/c15-14(16,17)22-12-7-5-11(6-8-12)18-9-10-3-1-2-4-13(10)19(20)21/h1-9H. The number of nitro benzene ring substituents is 1. The highest BCUT2D eigenvalue weighted by molar-refractivity contribution is 5.86. The van der Waals surface area contributed by atoms with Gasteiger partial charge in [0.2, 0.25) is 0 Å². The van der Waals surface area contributed by atoms with Crippen LogP contribution in [-0.2, 0) is 0 Å². The summed E-state index contributed by atoms with van der Waals surface area (Å²) < 4.78 is 39.8. The largest absolute Gasteiger partial charge is 0.573 e. The number of benzene rings is 2. The van der Waals surface area contributed by atoms with Crippen molar-refractivity contribution in [2.75, 3.05) is 0 Å². The molecule has 0 radical (unpaired) electrons. The number of hydrogen-bond donors (Lipinski definition) is 0. The predicted octanol–water partition coefficient (Wildman–Crippen LogP) is 4.24. The molecule has 0 bridgehead atoms. The lowest BCUT2D eigenvalue weighted by Crippen LogP contribution is -2.16. The summed E-state index contributed by atoms with van der Waals surface area (Å²) in [6, 6.07) is 10.8. The van der Waals surface area contributed by atoms with Gasteiger partial charge in [0.15, 0.2) is 0 Å². The second-order valence-electron chi connectivity index (χ2n) is 4.12. The third-order valence-corrected chi connectivity index (χ3v) is 2.56. The van der Waals surface area contributed by atoms with Gasteiger partial charge >= 0.3 is 6.36 Å². The Bertz CT molecular complexity index is 697. The van der Waals surface area contributed by atoms with Gasteiger partial charge in [0.1, 0.15) is 5.75 Å². The Balaban J connectivity index is 2.16. The van der Waals surface area contributed by atoms with Crippen LogP contribution in [0.2, 0.25) is 0 Å². The van der Waals surface area contributed by atoms with Crippen LogP contribution in [0.5, 0.6) is 5.75 Å². The molecule has 0 N–H and O–H groups in total. The summed E-state index contributed by atoms with van der Waals surface area (Å²) in [5, 5.41) is 10.8. The van der Waals surface area contributed by atoms with Gasteiger partial charge in [0, 0.05) is 12.3 Å². The summed E-state index contributed by atoms with van der Waals surface area (Å²) in [7, 11) is 0. The maximum Gasteiger partial charge on any atom is 0.573 e. The van der Waals surface area contributed by atoms with E-state index in [0.717, 1.165) is 12.1 Å². The summed E-state index contributed by atoms with van der Waals surface area (Å²) in [5.41, 5.74) is 0.527. The average molecular weight is 310 g/mol. The molecule has 0 saturated carbocycles. The Kier molecular flexibility index (Phi) is 4.40. The molecule has 0 aliphatic rings. The molecule has 0 aliphatic heterocycles. The minimum atomic E-state index is -4.75. The highest BCUT2D eigenvalue weighted by Crippen LogP contribution is 2.25. The summed E-state index contributed by atoms with van der Waals surface area (Å²) >= 11 is 0. The fourth-order valence-corrected chi connectivity index (χ4v) is 1.64. The molecule has 0 amide bonds. The zero-order valence-electron chi connectivity index (χ0n) is 10.9. The zero-order chi connectivity index (χ0) is 16.2. The van der Waals surface area contributed by atoms with Crippen LogP contribution in [0, 0.1) is 10.1 Å². The number of ether oxygens (including phenoxy) is 1. The van der Waals surface area contributed by atoms with Crippen LogP contribution in [0.15, 0.2) is 53.5 Å². The molecule has 2 aromatic rings. The van der Waals surface area contributed by atoms with Gasteiger partial charge in [-0.15, -0.1) is 13.2 Å². The number of halogens is 3.